The zero-order valence-corrected chi connectivity index (χ0v) is 17.2. The molecule has 1 N–H and O–H groups in total. The van der Waals surface area contributed by atoms with Crippen molar-refractivity contribution >= 4 is 59.4 Å². The van der Waals surface area contributed by atoms with Crippen LogP contribution in [0.1, 0.15) is 24.2 Å². The minimum atomic E-state index is -0.0379. The van der Waals surface area contributed by atoms with Gasteiger partial charge in [-0.05, 0) is 43.4 Å². The molecule has 0 aliphatic carbocycles. The first kappa shape index (κ1) is 19.0. The van der Waals surface area contributed by atoms with Crippen molar-refractivity contribution in [3.05, 3.63) is 50.6 Å². The number of carbonyl (C=O) groups is 1. The predicted octanol–water partition coefficient (Wildman–Crippen LogP) is 4.74. The average Bonchev–Trinajstić information content (AvgIpc) is 2.66. The van der Waals surface area contributed by atoms with E-state index in [1.807, 2.05) is 24.3 Å². The molecule has 0 radical (unpaired) electrons. The first-order valence-corrected chi connectivity index (χ1v) is 10.3. The van der Waals surface area contributed by atoms with Gasteiger partial charge in [0.05, 0.1) is 10.1 Å². The zero-order chi connectivity index (χ0) is 18.7. The summed E-state index contributed by atoms with van der Waals surface area (Å²) in [5.74, 6) is 0. The Morgan fingerprint density at radius 3 is 2.65 bits per heavy atom. The van der Waals surface area contributed by atoms with Crippen LogP contribution in [0.4, 0.5) is 5.69 Å². The van der Waals surface area contributed by atoms with Gasteiger partial charge >= 0.3 is 0 Å². The summed E-state index contributed by atoms with van der Waals surface area (Å²) in [5.41, 5.74) is 1.31. The molecule has 4 nitrogen and oxygen atoms in total. The number of hydrogen-bond donors (Lipinski definition) is 1. The van der Waals surface area contributed by atoms with E-state index < -0.39 is 0 Å². The molecular weight excluding hydrogens is 412 g/mol. The lowest BCUT2D eigenvalue weighted by Crippen LogP contribution is -2.28. The lowest BCUT2D eigenvalue weighted by atomic mass is 10.1. The van der Waals surface area contributed by atoms with Crippen molar-refractivity contribution in [2.24, 2.45) is 0 Å². The number of nitrogens with one attached hydrogen (secondary N) is 1. The van der Waals surface area contributed by atoms with Gasteiger partial charge in [0, 0.05) is 38.9 Å². The Morgan fingerprint density at radius 1 is 1.19 bits per heavy atom. The van der Waals surface area contributed by atoms with Crippen LogP contribution in [0.25, 0.3) is 20.2 Å². The fourth-order valence-electron chi connectivity index (χ4n) is 3.08. The number of hydrogen-bond acceptors (Lipinski definition) is 5. The molecule has 0 spiro atoms. The topological polar surface area (TPSA) is 49.4 Å². The van der Waals surface area contributed by atoms with Crippen LogP contribution in [0.15, 0.2) is 39.6 Å². The Balaban J connectivity index is 2.12. The second kappa shape index (κ2) is 8.29. The molecule has 0 aliphatic heterocycles. The van der Waals surface area contributed by atoms with Gasteiger partial charge in [-0.15, -0.1) is 11.3 Å². The van der Waals surface area contributed by atoms with Gasteiger partial charge in [0.1, 0.15) is 0 Å². The number of rotatable bonds is 7. The van der Waals surface area contributed by atoms with Gasteiger partial charge in [0.2, 0.25) is 0 Å². The van der Waals surface area contributed by atoms with E-state index in [9.17, 15) is 9.59 Å². The highest BCUT2D eigenvalue weighted by Gasteiger charge is 2.14. The number of halogens is 1. The molecular formula is C20H21BrN2O2S. The molecule has 0 unspecified atom stereocenters. The number of anilines is 1. The van der Waals surface area contributed by atoms with Crippen molar-refractivity contribution in [1.29, 1.82) is 0 Å². The highest BCUT2D eigenvalue weighted by atomic mass is 79.9. The van der Waals surface area contributed by atoms with Crippen molar-refractivity contribution in [3.8, 4) is 0 Å². The Morgan fingerprint density at radius 2 is 1.96 bits per heavy atom. The van der Waals surface area contributed by atoms with Gasteiger partial charge in [-0.2, -0.15) is 0 Å². The van der Waals surface area contributed by atoms with Crippen LogP contribution in [0.3, 0.4) is 0 Å². The molecule has 0 aliphatic rings. The summed E-state index contributed by atoms with van der Waals surface area (Å²) in [5, 5.41) is 4.67. The van der Waals surface area contributed by atoms with Gasteiger partial charge in [-0.1, -0.05) is 29.8 Å². The molecule has 3 rings (SSSR count). The Labute approximate surface area is 165 Å². The average molecular weight is 433 g/mol. The van der Waals surface area contributed by atoms with Crippen LogP contribution in [0, 0.1) is 0 Å². The monoisotopic (exact) mass is 432 g/mol. The molecule has 6 heteroatoms. The maximum Gasteiger partial charge on any atom is 0.198 e. The Bertz CT molecular complexity index is 1010. The molecule has 0 fully saturated rings. The summed E-state index contributed by atoms with van der Waals surface area (Å²) in [6.07, 6.45) is 0.822. The summed E-state index contributed by atoms with van der Waals surface area (Å²) in [4.78, 5) is 27.0. The third kappa shape index (κ3) is 3.68. The number of benzene rings is 2. The Hall–Kier alpha value is -1.76. The van der Waals surface area contributed by atoms with Crippen LogP contribution in [0.2, 0.25) is 0 Å². The fraction of sp³-hybridized carbons (Fsp3) is 0.300. The summed E-state index contributed by atoms with van der Waals surface area (Å²) < 4.78 is 2.50. The van der Waals surface area contributed by atoms with Crippen molar-refractivity contribution < 1.29 is 4.79 Å². The van der Waals surface area contributed by atoms with E-state index in [1.54, 1.807) is 6.07 Å². The van der Waals surface area contributed by atoms with Gasteiger partial charge in [0.15, 0.2) is 11.7 Å². The van der Waals surface area contributed by atoms with E-state index in [2.05, 4.69) is 40.0 Å². The lowest BCUT2D eigenvalue weighted by molar-refractivity contribution is 0.112. The van der Waals surface area contributed by atoms with E-state index >= 15 is 0 Å². The van der Waals surface area contributed by atoms with Crippen molar-refractivity contribution in [1.82, 2.24) is 4.90 Å². The summed E-state index contributed by atoms with van der Waals surface area (Å²) in [6.45, 7) is 7.92. The quantitative estimate of drug-likeness (QED) is 0.432. The predicted molar refractivity (Wildman–Crippen MR) is 115 cm³/mol. The van der Waals surface area contributed by atoms with Crippen molar-refractivity contribution in [3.63, 3.8) is 0 Å². The molecule has 2 aromatic carbocycles. The number of nitrogens with zero attached hydrogens (tertiary/aromatic N) is 1. The molecule has 0 saturated heterocycles. The van der Waals surface area contributed by atoms with Crippen LogP contribution in [0.5, 0.6) is 0 Å². The van der Waals surface area contributed by atoms with E-state index in [1.165, 1.54) is 11.3 Å². The molecule has 1 heterocycles. The molecule has 0 amide bonds. The number of fused-ring (bicyclic) bond motifs is 2. The van der Waals surface area contributed by atoms with Gasteiger partial charge in [-0.25, -0.2) is 0 Å². The van der Waals surface area contributed by atoms with Crippen LogP contribution in [-0.4, -0.2) is 37.4 Å². The van der Waals surface area contributed by atoms with Crippen molar-refractivity contribution in [2.45, 2.75) is 13.8 Å². The maximum absolute atomic E-state index is 13.2. The third-order valence-corrected chi connectivity index (χ3v) is 6.29. The van der Waals surface area contributed by atoms with Crippen LogP contribution >= 0.6 is 27.3 Å². The van der Waals surface area contributed by atoms with E-state index in [4.69, 9.17) is 0 Å². The van der Waals surface area contributed by atoms with E-state index in [0.717, 1.165) is 52.0 Å². The van der Waals surface area contributed by atoms with Gasteiger partial charge < -0.3 is 10.2 Å². The lowest BCUT2D eigenvalue weighted by Gasteiger charge is -2.19. The van der Waals surface area contributed by atoms with Gasteiger partial charge in [0.25, 0.3) is 0 Å². The number of aldehydes is 1. The summed E-state index contributed by atoms with van der Waals surface area (Å²) in [7, 11) is 0. The van der Waals surface area contributed by atoms with E-state index in [-0.39, 0.29) is 5.43 Å². The summed E-state index contributed by atoms with van der Waals surface area (Å²) >= 11 is 4.93. The Kier molecular flexibility index (Phi) is 6.06. The normalized spacial score (nSPS) is 11.4. The molecule has 136 valence electrons. The summed E-state index contributed by atoms with van der Waals surface area (Å²) in [6, 6.07) is 9.31. The zero-order valence-electron chi connectivity index (χ0n) is 14.8. The molecule has 0 atom stereocenters. The molecule has 3 aromatic rings. The molecule has 0 saturated carbocycles. The molecule has 0 bridgehead atoms. The highest BCUT2D eigenvalue weighted by Crippen LogP contribution is 2.32. The molecule has 1 aromatic heterocycles. The number of likely N-dealkylation sites (N-methyl/N-ethyl adjacent to an activating group) is 1. The number of carbonyl (C=O) groups excluding carboxylic acids is 1. The minimum absolute atomic E-state index is 0.0379. The third-order valence-electron chi connectivity index (χ3n) is 4.58. The fourth-order valence-corrected chi connectivity index (χ4v) is 4.59. The first-order chi connectivity index (χ1) is 12.6. The van der Waals surface area contributed by atoms with Crippen LogP contribution < -0.4 is 10.7 Å². The SMILES string of the molecule is CCN(CC)CCNc1ccc(C=O)c2sc3ccc(Br)cc3c(=O)c12. The van der Waals surface area contributed by atoms with Crippen molar-refractivity contribution in [2.75, 3.05) is 31.5 Å². The maximum atomic E-state index is 13.2. The minimum Gasteiger partial charge on any atom is -0.383 e. The smallest absolute Gasteiger partial charge is 0.198 e. The highest BCUT2D eigenvalue weighted by molar-refractivity contribution is 9.10. The largest absolute Gasteiger partial charge is 0.383 e. The van der Waals surface area contributed by atoms with Crippen LogP contribution in [-0.2, 0) is 0 Å². The molecule has 26 heavy (non-hydrogen) atoms. The second-order valence-electron chi connectivity index (χ2n) is 6.05. The van der Waals surface area contributed by atoms with Gasteiger partial charge in [-0.3, -0.25) is 9.59 Å². The van der Waals surface area contributed by atoms with E-state index in [0.29, 0.717) is 16.3 Å². The second-order valence-corrected chi connectivity index (χ2v) is 8.02. The first-order valence-electron chi connectivity index (χ1n) is 8.69. The standard InChI is InChI=1S/C20H21BrN2O2S/c1-3-23(4-2)10-9-22-16-7-5-13(12-24)20-18(16)19(25)15-11-14(21)6-8-17(15)26-20/h5-8,11-12,22H,3-4,9-10H2,1-2H3.